The quantitative estimate of drug-likeness (QED) is 0.767. The Morgan fingerprint density at radius 2 is 2.12 bits per heavy atom. The van der Waals surface area contributed by atoms with Crippen molar-refractivity contribution >= 4 is 27.5 Å². The molecule has 17 heavy (non-hydrogen) atoms. The maximum absolute atomic E-state index is 5.83. The first-order valence-electron chi connectivity index (χ1n) is 5.13. The van der Waals surface area contributed by atoms with E-state index in [0.717, 1.165) is 21.5 Å². The number of nitrogens with zero attached hydrogens (tertiary/aromatic N) is 1. The molecule has 0 amide bonds. The standard InChI is InChI=1S/C13H11BrClNO/c1-9-2-3-13(11(14)6-9)17-12-4-5-16-8-10(12)7-15/h2-6,8H,7H2,1H3. The number of aryl methyl sites for hydroxylation is 1. The van der Waals surface area contributed by atoms with Crippen molar-refractivity contribution in [2.24, 2.45) is 0 Å². The van der Waals surface area contributed by atoms with Crippen LogP contribution in [0.3, 0.4) is 0 Å². The molecular weight excluding hydrogens is 302 g/mol. The average Bonchev–Trinajstić information content (AvgIpc) is 2.33. The van der Waals surface area contributed by atoms with Gasteiger partial charge in [0.25, 0.3) is 0 Å². The largest absolute Gasteiger partial charge is 0.456 e. The molecule has 0 fully saturated rings. The molecule has 2 nitrogen and oxygen atoms in total. The van der Waals surface area contributed by atoms with Crippen LogP contribution < -0.4 is 4.74 Å². The van der Waals surface area contributed by atoms with Gasteiger partial charge in [-0.25, -0.2) is 0 Å². The molecular formula is C13H11BrClNO. The van der Waals surface area contributed by atoms with E-state index < -0.39 is 0 Å². The van der Waals surface area contributed by atoms with Crippen LogP contribution in [-0.2, 0) is 5.88 Å². The number of rotatable bonds is 3. The Labute approximate surface area is 114 Å². The van der Waals surface area contributed by atoms with E-state index in [0.29, 0.717) is 5.88 Å². The van der Waals surface area contributed by atoms with Gasteiger partial charge in [0.2, 0.25) is 0 Å². The zero-order valence-corrected chi connectivity index (χ0v) is 11.6. The Balaban J connectivity index is 2.31. The molecule has 4 heteroatoms. The zero-order valence-electron chi connectivity index (χ0n) is 9.28. The lowest BCUT2D eigenvalue weighted by molar-refractivity contribution is 0.474. The van der Waals surface area contributed by atoms with E-state index in [4.69, 9.17) is 16.3 Å². The van der Waals surface area contributed by atoms with E-state index in [1.807, 2.05) is 31.2 Å². The first kappa shape index (κ1) is 12.4. The number of hydrogen-bond acceptors (Lipinski definition) is 2. The predicted octanol–water partition coefficient (Wildman–Crippen LogP) is 4.68. The van der Waals surface area contributed by atoms with Crippen molar-refractivity contribution in [1.82, 2.24) is 4.98 Å². The summed E-state index contributed by atoms with van der Waals surface area (Å²) in [6.45, 7) is 2.03. The van der Waals surface area contributed by atoms with Gasteiger partial charge >= 0.3 is 0 Å². The summed E-state index contributed by atoms with van der Waals surface area (Å²) in [5.74, 6) is 1.89. The van der Waals surface area contributed by atoms with E-state index in [1.165, 1.54) is 5.56 Å². The molecule has 1 heterocycles. The van der Waals surface area contributed by atoms with Crippen LogP contribution in [0.2, 0.25) is 0 Å². The van der Waals surface area contributed by atoms with Gasteiger partial charge in [-0.1, -0.05) is 6.07 Å². The lowest BCUT2D eigenvalue weighted by atomic mass is 10.2. The Morgan fingerprint density at radius 1 is 1.29 bits per heavy atom. The molecule has 0 saturated heterocycles. The van der Waals surface area contributed by atoms with Gasteiger partial charge in [0, 0.05) is 18.0 Å². The highest BCUT2D eigenvalue weighted by Crippen LogP contribution is 2.32. The maximum Gasteiger partial charge on any atom is 0.141 e. The molecule has 0 bridgehead atoms. The summed E-state index contributed by atoms with van der Waals surface area (Å²) in [5.41, 5.74) is 2.05. The van der Waals surface area contributed by atoms with Crippen molar-refractivity contribution in [3.8, 4) is 11.5 Å². The van der Waals surface area contributed by atoms with Crippen LogP contribution in [0.15, 0.2) is 41.1 Å². The third-order valence-corrected chi connectivity index (χ3v) is 3.22. The predicted molar refractivity (Wildman–Crippen MR) is 72.7 cm³/mol. The first-order chi connectivity index (χ1) is 8.20. The van der Waals surface area contributed by atoms with Crippen LogP contribution in [-0.4, -0.2) is 4.98 Å². The van der Waals surface area contributed by atoms with Crippen LogP contribution in [0.25, 0.3) is 0 Å². The number of ether oxygens (including phenoxy) is 1. The van der Waals surface area contributed by atoms with Crippen molar-refractivity contribution in [3.05, 3.63) is 52.3 Å². The monoisotopic (exact) mass is 311 g/mol. The zero-order chi connectivity index (χ0) is 12.3. The first-order valence-corrected chi connectivity index (χ1v) is 6.46. The summed E-state index contributed by atoms with van der Waals surface area (Å²) in [4.78, 5) is 4.02. The van der Waals surface area contributed by atoms with Gasteiger partial charge < -0.3 is 4.74 Å². The van der Waals surface area contributed by atoms with Gasteiger partial charge in [-0.05, 0) is 46.6 Å². The van der Waals surface area contributed by atoms with Crippen molar-refractivity contribution < 1.29 is 4.74 Å². The Morgan fingerprint density at radius 3 is 2.82 bits per heavy atom. The fourth-order valence-electron chi connectivity index (χ4n) is 1.42. The fraction of sp³-hybridized carbons (Fsp3) is 0.154. The van der Waals surface area contributed by atoms with Gasteiger partial charge in [-0.2, -0.15) is 0 Å². The van der Waals surface area contributed by atoms with Crippen LogP contribution in [0.4, 0.5) is 0 Å². The molecule has 0 aliphatic carbocycles. The Kier molecular flexibility index (Phi) is 4.02. The molecule has 1 aromatic heterocycles. The minimum Gasteiger partial charge on any atom is -0.456 e. The topological polar surface area (TPSA) is 22.1 Å². The molecule has 0 aliphatic rings. The van der Waals surface area contributed by atoms with Gasteiger partial charge in [-0.3, -0.25) is 4.98 Å². The molecule has 1 aromatic carbocycles. The number of alkyl halides is 1. The van der Waals surface area contributed by atoms with E-state index in [2.05, 4.69) is 20.9 Å². The van der Waals surface area contributed by atoms with Gasteiger partial charge in [0.1, 0.15) is 11.5 Å². The summed E-state index contributed by atoms with van der Waals surface area (Å²) in [6, 6.07) is 7.75. The SMILES string of the molecule is Cc1ccc(Oc2ccncc2CCl)c(Br)c1. The van der Waals surface area contributed by atoms with E-state index in [9.17, 15) is 0 Å². The normalized spacial score (nSPS) is 10.3. The summed E-state index contributed by atoms with van der Waals surface area (Å²) in [7, 11) is 0. The minimum atomic E-state index is 0.382. The minimum absolute atomic E-state index is 0.382. The van der Waals surface area contributed by atoms with Crippen LogP contribution in [0, 0.1) is 6.92 Å². The third-order valence-electron chi connectivity index (χ3n) is 2.31. The van der Waals surface area contributed by atoms with Gasteiger partial charge in [0.05, 0.1) is 10.4 Å². The lowest BCUT2D eigenvalue weighted by Crippen LogP contribution is -1.91. The second-order valence-electron chi connectivity index (χ2n) is 3.65. The summed E-state index contributed by atoms with van der Waals surface area (Å²) >= 11 is 9.31. The number of hydrogen-bond donors (Lipinski definition) is 0. The Hall–Kier alpha value is -1.06. The van der Waals surface area contributed by atoms with E-state index in [-0.39, 0.29) is 0 Å². The summed E-state index contributed by atoms with van der Waals surface area (Å²) < 4.78 is 6.74. The molecule has 88 valence electrons. The molecule has 2 rings (SSSR count). The van der Waals surface area contributed by atoms with Gasteiger partial charge in [0.15, 0.2) is 0 Å². The number of halogens is 2. The maximum atomic E-state index is 5.83. The smallest absolute Gasteiger partial charge is 0.141 e. The molecule has 0 N–H and O–H groups in total. The molecule has 0 saturated carbocycles. The average molecular weight is 313 g/mol. The molecule has 0 aliphatic heterocycles. The lowest BCUT2D eigenvalue weighted by Gasteiger charge is -2.10. The van der Waals surface area contributed by atoms with Crippen LogP contribution in [0.5, 0.6) is 11.5 Å². The molecule has 0 spiro atoms. The second kappa shape index (κ2) is 5.52. The highest BCUT2D eigenvalue weighted by Gasteiger charge is 2.06. The highest BCUT2D eigenvalue weighted by molar-refractivity contribution is 9.10. The van der Waals surface area contributed by atoms with Crippen molar-refractivity contribution in [1.29, 1.82) is 0 Å². The second-order valence-corrected chi connectivity index (χ2v) is 4.77. The molecule has 2 aromatic rings. The van der Waals surface area contributed by atoms with Crippen molar-refractivity contribution in [2.75, 3.05) is 0 Å². The van der Waals surface area contributed by atoms with Crippen LogP contribution >= 0.6 is 27.5 Å². The summed E-state index contributed by atoms with van der Waals surface area (Å²) in [5, 5.41) is 0. The Bertz CT molecular complexity index is 531. The number of aromatic nitrogens is 1. The number of benzene rings is 1. The van der Waals surface area contributed by atoms with Crippen molar-refractivity contribution in [2.45, 2.75) is 12.8 Å². The van der Waals surface area contributed by atoms with E-state index in [1.54, 1.807) is 12.4 Å². The van der Waals surface area contributed by atoms with Crippen LogP contribution in [0.1, 0.15) is 11.1 Å². The van der Waals surface area contributed by atoms with Gasteiger partial charge in [-0.15, -0.1) is 11.6 Å². The summed E-state index contributed by atoms with van der Waals surface area (Å²) in [6.07, 6.45) is 3.40. The van der Waals surface area contributed by atoms with E-state index >= 15 is 0 Å². The fourth-order valence-corrected chi connectivity index (χ4v) is 2.20. The molecule has 0 atom stereocenters. The van der Waals surface area contributed by atoms with Crippen molar-refractivity contribution in [3.63, 3.8) is 0 Å². The number of pyridine rings is 1. The molecule has 0 unspecified atom stereocenters. The molecule has 0 radical (unpaired) electrons. The third kappa shape index (κ3) is 2.99. The highest BCUT2D eigenvalue weighted by atomic mass is 79.9.